The van der Waals surface area contributed by atoms with Gasteiger partial charge in [0.15, 0.2) is 0 Å². The van der Waals surface area contributed by atoms with Crippen LogP contribution in [0, 0.1) is 0 Å². The number of piperazine rings is 1. The van der Waals surface area contributed by atoms with Crippen LogP contribution in [0.5, 0.6) is 0 Å². The van der Waals surface area contributed by atoms with Crippen molar-refractivity contribution in [2.75, 3.05) is 27.2 Å². The Morgan fingerprint density at radius 2 is 1.60 bits per heavy atom. The van der Waals surface area contributed by atoms with Crippen LogP contribution >= 0.6 is 0 Å². The summed E-state index contributed by atoms with van der Waals surface area (Å²) < 4.78 is 1.27. The molecule has 0 aromatic heterocycles. The fourth-order valence-corrected chi connectivity index (χ4v) is 2.44. The van der Waals surface area contributed by atoms with Crippen molar-refractivity contribution < 1.29 is 4.48 Å². The summed E-state index contributed by atoms with van der Waals surface area (Å²) in [7, 11) is 4.76. The quantitative estimate of drug-likeness (QED) is 0.475. The highest BCUT2D eigenvalue weighted by molar-refractivity contribution is 4.82. The van der Waals surface area contributed by atoms with E-state index >= 15 is 0 Å². The Morgan fingerprint density at radius 1 is 1.10 bits per heavy atom. The fourth-order valence-electron chi connectivity index (χ4n) is 2.44. The summed E-state index contributed by atoms with van der Waals surface area (Å²) in [6.45, 7) is 2.48. The van der Waals surface area contributed by atoms with E-state index in [1.54, 1.807) is 0 Å². The molecule has 2 aliphatic heterocycles. The van der Waals surface area contributed by atoms with Crippen LogP contribution in [-0.4, -0.2) is 43.8 Å². The van der Waals surface area contributed by atoms with E-state index in [-0.39, 0.29) is 0 Å². The molecule has 0 aromatic rings. The smallest absolute Gasteiger partial charge is 0.102 e. The summed E-state index contributed by atoms with van der Waals surface area (Å²) in [5, 5.41) is 3.49. The minimum Gasteiger partial charge on any atom is -0.322 e. The van der Waals surface area contributed by atoms with Crippen LogP contribution in [0.15, 0.2) is 0 Å². The van der Waals surface area contributed by atoms with Crippen molar-refractivity contribution >= 4 is 0 Å². The molecule has 0 amide bonds. The predicted molar refractivity (Wildman–Crippen MR) is 41.8 cm³/mol. The molecule has 2 atom stereocenters. The van der Waals surface area contributed by atoms with Gasteiger partial charge < -0.3 is 9.80 Å². The van der Waals surface area contributed by atoms with Crippen molar-refractivity contribution in [1.29, 1.82) is 0 Å². The first-order chi connectivity index (χ1) is 4.71. The van der Waals surface area contributed by atoms with Gasteiger partial charge in [-0.2, -0.15) is 0 Å². The van der Waals surface area contributed by atoms with E-state index in [4.69, 9.17) is 0 Å². The van der Waals surface area contributed by atoms with E-state index < -0.39 is 0 Å². The lowest BCUT2D eigenvalue weighted by molar-refractivity contribution is -0.927. The maximum absolute atomic E-state index is 3.49. The van der Waals surface area contributed by atoms with Crippen molar-refractivity contribution in [1.82, 2.24) is 5.32 Å². The molecule has 2 heterocycles. The Labute approximate surface area is 62.8 Å². The van der Waals surface area contributed by atoms with Gasteiger partial charge in [-0.1, -0.05) is 0 Å². The van der Waals surface area contributed by atoms with Gasteiger partial charge in [0.2, 0.25) is 0 Å². The second kappa shape index (κ2) is 1.95. The minimum absolute atomic E-state index is 0.902. The van der Waals surface area contributed by atoms with E-state index in [2.05, 4.69) is 19.4 Å². The second-order valence-electron chi connectivity index (χ2n) is 4.17. The molecule has 0 radical (unpaired) electrons. The first kappa shape index (κ1) is 6.62. The molecule has 58 valence electrons. The summed E-state index contributed by atoms with van der Waals surface area (Å²) in [6.07, 6.45) is 2.87. The van der Waals surface area contributed by atoms with Gasteiger partial charge in [-0.15, -0.1) is 0 Å². The predicted octanol–water partition coefficient (Wildman–Crippen LogP) is 0.197. The van der Waals surface area contributed by atoms with Gasteiger partial charge in [0.05, 0.1) is 14.1 Å². The molecular formula is C8H17N2+. The summed E-state index contributed by atoms with van der Waals surface area (Å²) in [6, 6.07) is 1.80. The summed E-state index contributed by atoms with van der Waals surface area (Å²) in [5.74, 6) is 0. The molecule has 2 rings (SSSR count). The average Bonchev–Trinajstić information content (AvgIpc) is 2.17. The van der Waals surface area contributed by atoms with Crippen LogP contribution in [0.3, 0.4) is 0 Å². The number of fused-ring (bicyclic) bond motifs is 2. The maximum Gasteiger partial charge on any atom is 0.102 e. The second-order valence-corrected chi connectivity index (χ2v) is 4.17. The molecule has 2 fully saturated rings. The molecule has 2 heteroatoms. The van der Waals surface area contributed by atoms with Crippen LogP contribution in [-0.2, 0) is 0 Å². The van der Waals surface area contributed by atoms with Crippen LogP contribution in [0.25, 0.3) is 0 Å². The van der Waals surface area contributed by atoms with Crippen molar-refractivity contribution in [2.24, 2.45) is 0 Å². The standard InChI is InChI=1S/C8H17N2/c1-10(2)7-3-4-8(10)6-9-5-7/h7-9H,3-6H2,1-2H3/q+1. The topological polar surface area (TPSA) is 12.0 Å². The number of hydrogen-bond donors (Lipinski definition) is 1. The van der Waals surface area contributed by atoms with E-state index in [9.17, 15) is 0 Å². The fraction of sp³-hybridized carbons (Fsp3) is 1.00. The maximum atomic E-state index is 3.49. The Balaban J connectivity index is 2.21. The van der Waals surface area contributed by atoms with E-state index in [0.29, 0.717) is 0 Å². The SMILES string of the molecule is C[N+]1(C)C2CCC1CNC2. The van der Waals surface area contributed by atoms with Gasteiger partial charge >= 0.3 is 0 Å². The summed E-state index contributed by atoms with van der Waals surface area (Å²) in [5.41, 5.74) is 0. The lowest BCUT2D eigenvalue weighted by Gasteiger charge is -2.41. The van der Waals surface area contributed by atoms with Crippen LogP contribution in [0.2, 0.25) is 0 Å². The van der Waals surface area contributed by atoms with E-state index in [1.807, 2.05) is 0 Å². The van der Waals surface area contributed by atoms with E-state index in [1.165, 1.54) is 30.4 Å². The van der Waals surface area contributed by atoms with Gasteiger partial charge in [0, 0.05) is 25.9 Å². The molecule has 2 unspecified atom stereocenters. The summed E-state index contributed by atoms with van der Waals surface area (Å²) >= 11 is 0. The van der Waals surface area contributed by atoms with Crippen molar-refractivity contribution in [3.8, 4) is 0 Å². The number of rotatable bonds is 0. The molecule has 1 N–H and O–H groups in total. The number of nitrogens with zero attached hydrogens (tertiary/aromatic N) is 1. The molecule has 0 aromatic carbocycles. The third-order valence-corrected chi connectivity index (χ3v) is 3.48. The number of hydrogen-bond acceptors (Lipinski definition) is 1. The van der Waals surface area contributed by atoms with Crippen molar-refractivity contribution in [2.45, 2.75) is 24.9 Å². The Morgan fingerprint density at radius 3 is 2.00 bits per heavy atom. The third-order valence-electron chi connectivity index (χ3n) is 3.48. The molecule has 0 aliphatic carbocycles. The number of likely N-dealkylation sites (N-methyl/N-ethyl adjacent to an activating group) is 1. The monoisotopic (exact) mass is 141 g/mol. The average molecular weight is 141 g/mol. The normalized spacial score (nSPS) is 43.8. The summed E-state index contributed by atoms with van der Waals surface area (Å²) in [4.78, 5) is 0. The van der Waals surface area contributed by atoms with Gasteiger partial charge in [-0.3, -0.25) is 0 Å². The van der Waals surface area contributed by atoms with Gasteiger partial charge in [0.1, 0.15) is 12.1 Å². The molecular weight excluding hydrogens is 124 g/mol. The van der Waals surface area contributed by atoms with Crippen LogP contribution < -0.4 is 5.32 Å². The Hall–Kier alpha value is -0.0800. The third kappa shape index (κ3) is 0.722. The zero-order valence-corrected chi connectivity index (χ0v) is 6.93. The number of quaternary nitrogens is 1. The molecule has 0 saturated carbocycles. The number of nitrogens with one attached hydrogen (secondary N) is 1. The molecule has 10 heavy (non-hydrogen) atoms. The highest BCUT2D eigenvalue weighted by Gasteiger charge is 2.45. The first-order valence-electron chi connectivity index (χ1n) is 4.25. The zero-order valence-electron chi connectivity index (χ0n) is 6.93. The largest absolute Gasteiger partial charge is 0.322 e. The Kier molecular flexibility index (Phi) is 1.29. The minimum atomic E-state index is 0.902. The van der Waals surface area contributed by atoms with Gasteiger partial charge in [0.25, 0.3) is 0 Å². The van der Waals surface area contributed by atoms with Crippen LogP contribution in [0.4, 0.5) is 0 Å². The lowest BCUT2D eigenvalue weighted by atomic mass is 10.2. The Bertz CT molecular complexity index is 124. The van der Waals surface area contributed by atoms with Gasteiger partial charge in [-0.05, 0) is 0 Å². The molecule has 2 nitrogen and oxygen atoms in total. The molecule has 2 bridgehead atoms. The molecule has 2 aliphatic rings. The highest BCUT2D eigenvalue weighted by atomic mass is 15.4. The van der Waals surface area contributed by atoms with Crippen molar-refractivity contribution in [3.63, 3.8) is 0 Å². The van der Waals surface area contributed by atoms with Crippen molar-refractivity contribution in [3.05, 3.63) is 0 Å². The first-order valence-corrected chi connectivity index (χ1v) is 4.25. The van der Waals surface area contributed by atoms with Gasteiger partial charge in [-0.25, -0.2) is 0 Å². The highest BCUT2D eigenvalue weighted by Crippen LogP contribution is 2.30. The van der Waals surface area contributed by atoms with E-state index in [0.717, 1.165) is 12.1 Å². The lowest BCUT2D eigenvalue weighted by Crippen LogP contribution is -2.61. The zero-order chi connectivity index (χ0) is 7.19. The molecule has 2 saturated heterocycles. The van der Waals surface area contributed by atoms with Crippen LogP contribution in [0.1, 0.15) is 12.8 Å². The molecule has 0 spiro atoms.